The normalized spacial score (nSPS) is 11.4. The standard InChI is InChI=1S/C23H19ClN4O5S2/c1-23(2,3)33-22(30)25-20-18-17(12-34-20)19(35-16-10-8-15(9-11-16)28(31)32)26-27(21(18)29)14-6-4-13(24)5-7-14/h4-12H,1-3H3,(H,25,30). The van der Waals surface area contributed by atoms with E-state index in [4.69, 9.17) is 16.3 Å². The largest absolute Gasteiger partial charge is 0.444 e. The van der Waals surface area contributed by atoms with Crippen molar-refractivity contribution >= 4 is 62.3 Å². The van der Waals surface area contributed by atoms with Gasteiger partial charge in [0.1, 0.15) is 15.6 Å². The number of carbonyl (C=O) groups is 1. The van der Waals surface area contributed by atoms with Crippen LogP contribution in [-0.4, -0.2) is 26.4 Å². The maximum atomic E-state index is 13.5. The molecule has 12 heteroatoms. The number of amides is 1. The lowest BCUT2D eigenvalue weighted by Crippen LogP contribution is -2.28. The Labute approximate surface area is 212 Å². The number of thiophene rings is 1. The van der Waals surface area contributed by atoms with E-state index in [0.717, 1.165) is 0 Å². The van der Waals surface area contributed by atoms with Crippen LogP contribution in [0.15, 0.2) is 68.6 Å². The van der Waals surface area contributed by atoms with Crippen LogP contribution < -0.4 is 10.9 Å². The van der Waals surface area contributed by atoms with Crippen molar-refractivity contribution in [3.63, 3.8) is 0 Å². The van der Waals surface area contributed by atoms with Gasteiger partial charge in [0.05, 0.1) is 16.0 Å². The van der Waals surface area contributed by atoms with Crippen molar-refractivity contribution in [3.8, 4) is 5.69 Å². The van der Waals surface area contributed by atoms with Gasteiger partial charge in [0, 0.05) is 32.8 Å². The number of halogens is 1. The zero-order chi connectivity index (χ0) is 25.3. The van der Waals surface area contributed by atoms with E-state index in [1.807, 2.05) is 0 Å². The number of nitrogens with one attached hydrogen (secondary N) is 1. The van der Waals surface area contributed by atoms with E-state index in [0.29, 0.717) is 31.0 Å². The zero-order valence-electron chi connectivity index (χ0n) is 18.8. The summed E-state index contributed by atoms with van der Waals surface area (Å²) < 4.78 is 6.58. The fourth-order valence-corrected chi connectivity index (χ4v) is 5.10. The number of nitrogens with zero attached hydrogens (tertiary/aromatic N) is 3. The molecule has 35 heavy (non-hydrogen) atoms. The van der Waals surface area contributed by atoms with Gasteiger partial charge in [-0.15, -0.1) is 11.3 Å². The van der Waals surface area contributed by atoms with Crippen LogP contribution in [0.25, 0.3) is 16.5 Å². The third kappa shape index (κ3) is 5.64. The molecule has 0 aliphatic heterocycles. The summed E-state index contributed by atoms with van der Waals surface area (Å²) in [5.74, 6) is 0. The number of ether oxygens (including phenoxy) is 1. The molecular formula is C23H19ClN4O5S2. The topological polar surface area (TPSA) is 116 Å². The van der Waals surface area contributed by atoms with Crippen molar-refractivity contribution in [2.75, 3.05) is 5.32 Å². The number of anilines is 1. The number of hydrogen-bond acceptors (Lipinski definition) is 8. The molecule has 0 saturated carbocycles. The van der Waals surface area contributed by atoms with Gasteiger partial charge in [-0.25, -0.2) is 4.79 Å². The summed E-state index contributed by atoms with van der Waals surface area (Å²) in [6, 6.07) is 12.6. The minimum absolute atomic E-state index is 0.0297. The average molecular weight is 531 g/mol. The van der Waals surface area contributed by atoms with Crippen molar-refractivity contribution < 1.29 is 14.5 Å². The lowest BCUT2D eigenvalue weighted by molar-refractivity contribution is -0.384. The van der Waals surface area contributed by atoms with Crippen LogP contribution in [0, 0.1) is 10.1 Å². The molecule has 9 nitrogen and oxygen atoms in total. The number of nitro groups is 1. The maximum Gasteiger partial charge on any atom is 0.412 e. The quantitative estimate of drug-likeness (QED) is 0.231. The number of hydrogen-bond donors (Lipinski definition) is 1. The first-order valence-electron chi connectivity index (χ1n) is 10.2. The molecule has 2 aromatic heterocycles. The Morgan fingerprint density at radius 1 is 1.17 bits per heavy atom. The highest BCUT2D eigenvalue weighted by atomic mass is 35.5. The summed E-state index contributed by atoms with van der Waals surface area (Å²) >= 11 is 8.43. The van der Waals surface area contributed by atoms with E-state index in [9.17, 15) is 19.7 Å². The van der Waals surface area contributed by atoms with Crippen LogP contribution in [0.1, 0.15) is 20.8 Å². The molecule has 2 heterocycles. The molecule has 0 fully saturated rings. The minimum atomic E-state index is -0.709. The first kappa shape index (κ1) is 24.7. The number of non-ortho nitro benzene ring substituents is 1. The van der Waals surface area contributed by atoms with Gasteiger partial charge >= 0.3 is 6.09 Å². The van der Waals surface area contributed by atoms with E-state index >= 15 is 0 Å². The lowest BCUT2D eigenvalue weighted by Gasteiger charge is -2.19. The molecule has 0 aliphatic carbocycles. The van der Waals surface area contributed by atoms with Gasteiger partial charge in [-0.05, 0) is 57.2 Å². The Bertz CT molecular complexity index is 1480. The molecule has 1 amide bonds. The third-order valence-electron chi connectivity index (χ3n) is 4.57. The van der Waals surface area contributed by atoms with Crippen molar-refractivity contribution in [1.82, 2.24) is 9.78 Å². The molecule has 0 bridgehead atoms. The van der Waals surface area contributed by atoms with Gasteiger partial charge < -0.3 is 4.74 Å². The van der Waals surface area contributed by atoms with Crippen molar-refractivity contribution in [3.05, 3.63) is 79.4 Å². The van der Waals surface area contributed by atoms with Crippen LogP contribution in [0.4, 0.5) is 15.5 Å². The molecule has 180 valence electrons. The van der Waals surface area contributed by atoms with E-state index in [1.54, 1.807) is 62.5 Å². The first-order valence-corrected chi connectivity index (χ1v) is 12.3. The Kier molecular flexibility index (Phi) is 6.84. The third-order valence-corrected chi connectivity index (χ3v) is 6.72. The molecule has 4 rings (SSSR count). The Hall–Kier alpha value is -3.41. The number of nitro benzene ring substituents is 1. The number of rotatable bonds is 5. The fraction of sp³-hybridized carbons (Fsp3) is 0.174. The van der Waals surface area contributed by atoms with Crippen LogP contribution in [0.2, 0.25) is 5.02 Å². The Morgan fingerprint density at radius 2 is 1.83 bits per heavy atom. The molecule has 0 unspecified atom stereocenters. The van der Waals surface area contributed by atoms with E-state index < -0.39 is 22.2 Å². The SMILES string of the molecule is CC(C)(C)OC(=O)Nc1scc2c(Sc3ccc([N+](=O)[O-])cc3)nn(-c3ccc(Cl)cc3)c(=O)c12. The average Bonchev–Trinajstić information content (AvgIpc) is 3.19. The molecule has 2 aromatic carbocycles. The molecule has 0 atom stereocenters. The second kappa shape index (κ2) is 9.68. The molecule has 0 spiro atoms. The predicted octanol–water partition coefficient (Wildman–Crippen LogP) is 6.51. The van der Waals surface area contributed by atoms with E-state index in [1.165, 1.54) is 39.9 Å². The van der Waals surface area contributed by atoms with E-state index in [-0.39, 0.29) is 11.1 Å². The first-order chi connectivity index (χ1) is 16.5. The molecule has 0 radical (unpaired) electrons. The number of benzene rings is 2. The van der Waals surface area contributed by atoms with Gasteiger partial charge in [0.25, 0.3) is 11.2 Å². The highest BCUT2D eigenvalue weighted by Crippen LogP contribution is 2.37. The predicted molar refractivity (Wildman–Crippen MR) is 137 cm³/mol. The summed E-state index contributed by atoms with van der Waals surface area (Å²) in [6.45, 7) is 5.24. The second-order valence-electron chi connectivity index (χ2n) is 8.33. The van der Waals surface area contributed by atoms with Gasteiger partial charge in [0.15, 0.2) is 0 Å². The number of carbonyl (C=O) groups excluding carboxylic acids is 1. The van der Waals surface area contributed by atoms with Crippen LogP contribution in [0.3, 0.4) is 0 Å². The molecule has 4 aromatic rings. The number of fused-ring (bicyclic) bond motifs is 1. The van der Waals surface area contributed by atoms with Crippen molar-refractivity contribution in [1.29, 1.82) is 0 Å². The summed E-state index contributed by atoms with van der Waals surface area (Å²) in [5.41, 5.74) is -0.680. The summed E-state index contributed by atoms with van der Waals surface area (Å²) in [7, 11) is 0. The van der Waals surface area contributed by atoms with Crippen molar-refractivity contribution in [2.45, 2.75) is 36.3 Å². The van der Waals surface area contributed by atoms with Crippen LogP contribution in [0.5, 0.6) is 0 Å². The van der Waals surface area contributed by atoms with E-state index in [2.05, 4.69) is 10.4 Å². The maximum absolute atomic E-state index is 13.5. The Morgan fingerprint density at radius 3 is 2.43 bits per heavy atom. The fourth-order valence-electron chi connectivity index (χ4n) is 3.09. The summed E-state index contributed by atoms with van der Waals surface area (Å²) in [4.78, 5) is 37.1. The highest BCUT2D eigenvalue weighted by molar-refractivity contribution is 7.99. The monoisotopic (exact) mass is 530 g/mol. The summed E-state index contributed by atoms with van der Waals surface area (Å²) in [6.07, 6.45) is -0.680. The van der Waals surface area contributed by atoms with Gasteiger partial charge in [-0.2, -0.15) is 9.78 Å². The number of aromatic nitrogens is 2. The van der Waals surface area contributed by atoms with Crippen LogP contribution in [-0.2, 0) is 4.74 Å². The lowest BCUT2D eigenvalue weighted by atomic mass is 10.2. The van der Waals surface area contributed by atoms with Gasteiger partial charge in [-0.1, -0.05) is 23.4 Å². The second-order valence-corrected chi connectivity index (χ2v) is 10.7. The Balaban J connectivity index is 1.83. The molecular weight excluding hydrogens is 512 g/mol. The van der Waals surface area contributed by atoms with Crippen LogP contribution >= 0.6 is 34.7 Å². The smallest absolute Gasteiger partial charge is 0.412 e. The zero-order valence-corrected chi connectivity index (χ0v) is 21.2. The molecule has 1 N–H and O–H groups in total. The molecule has 0 saturated heterocycles. The highest BCUT2D eigenvalue weighted by Gasteiger charge is 2.22. The van der Waals surface area contributed by atoms with Gasteiger partial charge in [0.2, 0.25) is 0 Å². The summed E-state index contributed by atoms with van der Waals surface area (Å²) in [5, 5.41) is 22.1. The van der Waals surface area contributed by atoms with Gasteiger partial charge in [-0.3, -0.25) is 20.2 Å². The van der Waals surface area contributed by atoms with Crippen molar-refractivity contribution in [2.24, 2.45) is 0 Å². The molecule has 0 aliphatic rings. The minimum Gasteiger partial charge on any atom is -0.444 e.